The Hall–Kier alpha value is -3.28. The first-order valence-electron chi connectivity index (χ1n) is 8.79. The summed E-state index contributed by atoms with van der Waals surface area (Å²) in [4.78, 5) is 16.4. The number of amides is 1. The fourth-order valence-corrected chi connectivity index (χ4v) is 2.84. The molecule has 0 saturated heterocycles. The van der Waals surface area contributed by atoms with Gasteiger partial charge in [0.2, 0.25) is 5.91 Å². The molecule has 0 bridgehead atoms. The smallest absolute Gasteiger partial charge is 0.244 e. The average Bonchev–Trinajstić information content (AvgIpc) is 3.12. The Morgan fingerprint density at radius 2 is 2.04 bits per heavy atom. The highest BCUT2D eigenvalue weighted by atomic mass is 16.5. The first-order valence-corrected chi connectivity index (χ1v) is 8.79. The molecule has 0 aliphatic heterocycles. The van der Waals surface area contributed by atoms with E-state index in [1.54, 1.807) is 20.3 Å². The van der Waals surface area contributed by atoms with Crippen molar-refractivity contribution in [2.45, 2.75) is 13.0 Å². The third-order valence-electron chi connectivity index (χ3n) is 4.25. The van der Waals surface area contributed by atoms with Crippen molar-refractivity contribution in [3.63, 3.8) is 0 Å². The Kier molecular flexibility index (Phi) is 6.10. The molecule has 140 valence electrons. The second kappa shape index (κ2) is 8.89. The number of rotatable bonds is 8. The van der Waals surface area contributed by atoms with Crippen LogP contribution in [-0.4, -0.2) is 36.2 Å². The van der Waals surface area contributed by atoms with Gasteiger partial charge < -0.3 is 19.4 Å². The Balaban J connectivity index is 1.50. The van der Waals surface area contributed by atoms with E-state index < -0.39 is 0 Å². The van der Waals surface area contributed by atoms with Crippen LogP contribution in [0.15, 0.2) is 54.9 Å². The number of carbonyl (C=O) groups is 1. The number of aryl methyl sites for hydroxylation is 1. The van der Waals surface area contributed by atoms with E-state index in [0.717, 1.165) is 29.6 Å². The molecule has 6 heteroatoms. The zero-order valence-electron chi connectivity index (χ0n) is 15.5. The molecular weight excluding hydrogens is 342 g/mol. The lowest BCUT2D eigenvalue weighted by atomic mass is 10.1. The van der Waals surface area contributed by atoms with Crippen LogP contribution in [0.3, 0.4) is 0 Å². The summed E-state index contributed by atoms with van der Waals surface area (Å²) in [6.07, 6.45) is 5.88. The summed E-state index contributed by atoms with van der Waals surface area (Å²) in [6, 6.07) is 13.5. The van der Waals surface area contributed by atoms with Crippen molar-refractivity contribution in [1.82, 2.24) is 14.9 Å². The summed E-state index contributed by atoms with van der Waals surface area (Å²) < 4.78 is 12.6. The molecule has 3 rings (SSSR count). The number of fused-ring (bicyclic) bond motifs is 1. The minimum Gasteiger partial charge on any atom is -0.497 e. The van der Waals surface area contributed by atoms with Gasteiger partial charge in [0, 0.05) is 24.7 Å². The molecule has 6 nitrogen and oxygen atoms in total. The number of imidazole rings is 1. The Morgan fingerprint density at radius 1 is 1.19 bits per heavy atom. The number of ether oxygens (including phenoxy) is 2. The van der Waals surface area contributed by atoms with E-state index in [9.17, 15) is 4.79 Å². The molecule has 0 atom stereocenters. The average molecular weight is 365 g/mol. The monoisotopic (exact) mass is 365 g/mol. The summed E-state index contributed by atoms with van der Waals surface area (Å²) in [5.41, 5.74) is 2.88. The van der Waals surface area contributed by atoms with E-state index in [0.29, 0.717) is 18.0 Å². The van der Waals surface area contributed by atoms with Gasteiger partial charge in [0.05, 0.1) is 31.6 Å². The molecular formula is C21H23N3O3. The van der Waals surface area contributed by atoms with E-state index in [1.165, 1.54) is 6.08 Å². The van der Waals surface area contributed by atoms with Crippen LogP contribution >= 0.6 is 0 Å². The highest BCUT2D eigenvalue weighted by Gasteiger charge is 2.04. The van der Waals surface area contributed by atoms with Crippen molar-refractivity contribution >= 4 is 23.0 Å². The molecule has 0 saturated carbocycles. The predicted molar refractivity (Wildman–Crippen MR) is 106 cm³/mol. The highest BCUT2D eigenvalue weighted by Crippen LogP contribution is 2.24. The molecule has 1 N–H and O–H groups in total. The predicted octanol–water partition coefficient (Wildman–Crippen LogP) is 3.27. The van der Waals surface area contributed by atoms with E-state index in [2.05, 4.69) is 14.9 Å². The molecule has 0 aliphatic rings. The van der Waals surface area contributed by atoms with E-state index in [4.69, 9.17) is 9.47 Å². The molecule has 1 aromatic heterocycles. The van der Waals surface area contributed by atoms with Crippen molar-refractivity contribution in [1.29, 1.82) is 0 Å². The second-order valence-electron chi connectivity index (χ2n) is 6.01. The van der Waals surface area contributed by atoms with Crippen LogP contribution in [-0.2, 0) is 11.3 Å². The van der Waals surface area contributed by atoms with Gasteiger partial charge in [0.1, 0.15) is 11.5 Å². The zero-order valence-corrected chi connectivity index (χ0v) is 15.5. The molecule has 0 radical (unpaired) electrons. The number of para-hydroxylation sites is 2. The number of aromatic nitrogens is 2. The SMILES string of the molecule is COc1ccc(OC)c(/C=C/C(=O)NCCCn2cnc3ccccc32)c1. The van der Waals surface area contributed by atoms with E-state index >= 15 is 0 Å². The molecule has 0 aliphatic carbocycles. The van der Waals surface area contributed by atoms with E-state index in [1.807, 2.05) is 48.8 Å². The van der Waals surface area contributed by atoms with Crippen LogP contribution in [0, 0.1) is 0 Å². The maximum atomic E-state index is 12.1. The third-order valence-corrected chi connectivity index (χ3v) is 4.25. The molecule has 0 fully saturated rings. The topological polar surface area (TPSA) is 65.4 Å². The summed E-state index contributed by atoms with van der Waals surface area (Å²) in [5.74, 6) is 1.26. The van der Waals surface area contributed by atoms with Crippen LogP contribution in [0.1, 0.15) is 12.0 Å². The highest BCUT2D eigenvalue weighted by molar-refractivity contribution is 5.92. The zero-order chi connectivity index (χ0) is 19.1. The van der Waals surface area contributed by atoms with Crippen molar-refractivity contribution in [3.05, 3.63) is 60.4 Å². The van der Waals surface area contributed by atoms with Gasteiger partial charge in [0.15, 0.2) is 0 Å². The van der Waals surface area contributed by atoms with Crippen LogP contribution in [0.25, 0.3) is 17.1 Å². The van der Waals surface area contributed by atoms with Crippen molar-refractivity contribution in [2.24, 2.45) is 0 Å². The van der Waals surface area contributed by atoms with Gasteiger partial charge in [-0.25, -0.2) is 4.98 Å². The van der Waals surface area contributed by atoms with Gasteiger partial charge in [-0.15, -0.1) is 0 Å². The first-order chi connectivity index (χ1) is 13.2. The molecule has 1 heterocycles. The molecule has 3 aromatic rings. The number of carbonyl (C=O) groups excluding carboxylic acids is 1. The Bertz CT molecular complexity index is 947. The minimum absolute atomic E-state index is 0.143. The van der Waals surface area contributed by atoms with E-state index in [-0.39, 0.29) is 5.91 Å². The number of nitrogens with one attached hydrogen (secondary N) is 1. The largest absolute Gasteiger partial charge is 0.497 e. The number of hydrogen-bond donors (Lipinski definition) is 1. The van der Waals surface area contributed by atoms with Crippen molar-refractivity contribution < 1.29 is 14.3 Å². The standard InChI is InChI=1S/C21H23N3O3/c1-26-17-9-10-20(27-2)16(14-17)8-11-21(25)22-12-5-13-24-15-23-18-6-3-4-7-19(18)24/h3-4,6-11,14-15H,5,12-13H2,1-2H3,(H,22,25)/b11-8+. The lowest BCUT2D eigenvalue weighted by Gasteiger charge is -2.07. The minimum atomic E-state index is -0.143. The summed E-state index contributed by atoms with van der Waals surface area (Å²) in [7, 11) is 3.20. The van der Waals surface area contributed by atoms with Gasteiger partial charge >= 0.3 is 0 Å². The first kappa shape index (κ1) is 18.5. The van der Waals surface area contributed by atoms with Crippen LogP contribution in [0.5, 0.6) is 11.5 Å². The van der Waals surface area contributed by atoms with Gasteiger partial charge in [0.25, 0.3) is 0 Å². The quantitative estimate of drug-likeness (QED) is 0.491. The summed E-state index contributed by atoms with van der Waals surface area (Å²) in [5, 5.41) is 2.90. The van der Waals surface area contributed by atoms with Gasteiger partial charge in [-0.2, -0.15) is 0 Å². The Labute approximate surface area is 158 Å². The Morgan fingerprint density at radius 3 is 2.85 bits per heavy atom. The number of nitrogens with zero attached hydrogens (tertiary/aromatic N) is 2. The van der Waals surface area contributed by atoms with Crippen molar-refractivity contribution in [2.75, 3.05) is 20.8 Å². The molecule has 27 heavy (non-hydrogen) atoms. The van der Waals surface area contributed by atoms with Gasteiger partial charge in [-0.3, -0.25) is 4.79 Å². The van der Waals surface area contributed by atoms with Crippen molar-refractivity contribution in [3.8, 4) is 11.5 Å². The summed E-state index contributed by atoms with van der Waals surface area (Å²) in [6.45, 7) is 1.39. The number of hydrogen-bond acceptors (Lipinski definition) is 4. The molecule has 2 aromatic carbocycles. The van der Waals surface area contributed by atoms with Crippen LogP contribution in [0.2, 0.25) is 0 Å². The maximum Gasteiger partial charge on any atom is 0.244 e. The molecule has 0 spiro atoms. The second-order valence-corrected chi connectivity index (χ2v) is 6.01. The van der Waals surface area contributed by atoms with Gasteiger partial charge in [-0.1, -0.05) is 12.1 Å². The third kappa shape index (κ3) is 4.67. The van der Waals surface area contributed by atoms with Crippen LogP contribution in [0.4, 0.5) is 0 Å². The fourth-order valence-electron chi connectivity index (χ4n) is 2.84. The van der Waals surface area contributed by atoms with Crippen LogP contribution < -0.4 is 14.8 Å². The maximum absolute atomic E-state index is 12.1. The normalized spacial score (nSPS) is 11.0. The number of benzene rings is 2. The lowest BCUT2D eigenvalue weighted by Crippen LogP contribution is -2.23. The molecule has 1 amide bonds. The number of methoxy groups -OCH3 is 2. The fraction of sp³-hybridized carbons (Fsp3) is 0.238. The lowest BCUT2D eigenvalue weighted by molar-refractivity contribution is -0.116. The van der Waals surface area contributed by atoms with Gasteiger partial charge in [-0.05, 0) is 42.8 Å². The summed E-state index contributed by atoms with van der Waals surface area (Å²) >= 11 is 0. The molecule has 0 unspecified atom stereocenters.